The highest BCUT2D eigenvalue weighted by Crippen LogP contribution is 2.33. The van der Waals surface area contributed by atoms with Gasteiger partial charge in [0.05, 0.1) is 16.1 Å². The third-order valence-corrected chi connectivity index (χ3v) is 5.12. The van der Waals surface area contributed by atoms with Crippen LogP contribution in [-0.2, 0) is 0 Å². The molecular formula is C22H20N4O3. The van der Waals surface area contributed by atoms with Gasteiger partial charge in [-0.3, -0.25) is 14.9 Å². The van der Waals surface area contributed by atoms with E-state index in [0.717, 1.165) is 21.8 Å². The summed E-state index contributed by atoms with van der Waals surface area (Å²) < 4.78 is 0. The highest BCUT2D eigenvalue weighted by molar-refractivity contribution is 6.13. The molecule has 4 rings (SSSR count). The summed E-state index contributed by atoms with van der Waals surface area (Å²) in [5.41, 5.74) is 3.43. The second-order valence-electron chi connectivity index (χ2n) is 6.73. The first-order valence-corrected chi connectivity index (χ1v) is 9.49. The number of pyridine rings is 1. The monoisotopic (exact) mass is 388 g/mol. The quantitative estimate of drug-likeness (QED) is 0.394. The summed E-state index contributed by atoms with van der Waals surface area (Å²) in [6.07, 6.45) is 0. The van der Waals surface area contributed by atoms with E-state index in [9.17, 15) is 14.9 Å². The largest absolute Gasteiger partial charge is 0.353 e. The highest BCUT2D eigenvalue weighted by atomic mass is 16.6. The number of carbonyl (C=O) groups excluding carboxylic acids is 1. The second kappa shape index (κ2) is 7.35. The normalized spacial score (nSPS) is 11.1. The molecule has 2 aromatic heterocycles. The van der Waals surface area contributed by atoms with Crippen LogP contribution in [0, 0.1) is 10.1 Å². The fraction of sp³-hybridized carbons (Fsp3) is 0.182. The Bertz CT molecular complexity index is 1220. The maximum absolute atomic E-state index is 13.0. The van der Waals surface area contributed by atoms with Crippen molar-refractivity contribution in [3.63, 3.8) is 0 Å². The maximum Gasteiger partial charge on any atom is 0.272 e. The molecule has 4 aromatic rings. The lowest BCUT2D eigenvalue weighted by Gasteiger charge is -2.18. The van der Waals surface area contributed by atoms with Crippen LogP contribution < -0.4 is 0 Å². The minimum atomic E-state index is -0.434. The molecule has 0 radical (unpaired) electrons. The van der Waals surface area contributed by atoms with Gasteiger partial charge >= 0.3 is 0 Å². The van der Waals surface area contributed by atoms with Gasteiger partial charge in [0.1, 0.15) is 5.69 Å². The van der Waals surface area contributed by atoms with Crippen LogP contribution in [0.3, 0.4) is 0 Å². The van der Waals surface area contributed by atoms with Crippen molar-refractivity contribution in [2.75, 3.05) is 13.1 Å². The fourth-order valence-corrected chi connectivity index (χ4v) is 3.58. The van der Waals surface area contributed by atoms with Gasteiger partial charge in [0, 0.05) is 47.1 Å². The number of H-pyrrole nitrogens is 1. The van der Waals surface area contributed by atoms with Gasteiger partial charge in [0.2, 0.25) is 0 Å². The number of aromatic amines is 1. The lowest BCUT2D eigenvalue weighted by atomic mass is 10.1. The molecular weight excluding hydrogens is 368 g/mol. The number of amides is 1. The number of para-hydroxylation sites is 1. The SMILES string of the molecule is CCN(CC)C(=O)c1cc2c([nH]c3ccccc32)c(-c2ccc([N+](=O)[O-])cc2)n1. The number of nitro benzene ring substituents is 1. The molecule has 0 saturated heterocycles. The lowest BCUT2D eigenvalue weighted by Crippen LogP contribution is -2.31. The number of nitrogens with one attached hydrogen (secondary N) is 1. The Balaban J connectivity index is 1.98. The molecule has 0 fully saturated rings. The van der Waals surface area contributed by atoms with Crippen LogP contribution in [0.4, 0.5) is 5.69 Å². The van der Waals surface area contributed by atoms with E-state index < -0.39 is 4.92 Å². The average molecular weight is 388 g/mol. The molecule has 0 aliphatic heterocycles. The van der Waals surface area contributed by atoms with Crippen molar-refractivity contribution in [2.45, 2.75) is 13.8 Å². The molecule has 2 aromatic carbocycles. The first-order chi connectivity index (χ1) is 14.0. The highest BCUT2D eigenvalue weighted by Gasteiger charge is 2.20. The molecule has 0 unspecified atom stereocenters. The molecule has 29 heavy (non-hydrogen) atoms. The van der Waals surface area contributed by atoms with Crippen molar-refractivity contribution in [1.82, 2.24) is 14.9 Å². The fourth-order valence-electron chi connectivity index (χ4n) is 3.58. The van der Waals surface area contributed by atoms with Crippen LogP contribution in [0.15, 0.2) is 54.6 Å². The standard InChI is InChI=1S/C22H20N4O3/c1-3-25(4-2)22(27)19-13-17-16-7-5-6-8-18(16)23-21(17)20(24-19)14-9-11-15(12-10-14)26(28)29/h5-13,23H,3-4H2,1-2H3. The Morgan fingerprint density at radius 2 is 1.76 bits per heavy atom. The summed E-state index contributed by atoms with van der Waals surface area (Å²) in [5, 5.41) is 12.9. The number of nitro groups is 1. The number of carbonyl (C=O) groups is 1. The number of non-ortho nitro benzene ring substituents is 1. The number of rotatable bonds is 5. The molecule has 0 atom stereocenters. The molecule has 7 heteroatoms. The minimum absolute atomic E-state index is 0.0111. The van der Waals surface area contributed by atoms with Gasteiger partial charge in [-0.05, 0) is 38.1 Å². The smallest absolute Gasteiger partial charge is 0.272 e. The molecule has 0 bridgehead atoms. The predicted octanol–water partition coefficient (Wildman–Crippen LogP) is 4.77. The molecule has 146 valence electrons. The van der Waals surface area contributed by atoms with Crippen LogP contribution in [0.1, 0.15) is 24.3 Å². The summed E-state index contributed by atoms with van der Waals surface area (Å²) in [7, 11) is 0. The number of hydrogen-bond acceptors (Lipinski definition) is 4. The number of aromatic nitrogens is 2. The zero-order chi connectivity index (χ0) is 20.5. The van der Waals surface area contributed by atoms with Crippen LogP contribution in [0.2, 0.25) is 0 Å². The van der Waals surface area contributed by atoms with Gasteiger partial charge in [-0.2, -0.15) is 0 Å². The number of fused-ring (bicyclic) bond motifs is 3. The Hall–Kier alpha value is -3.74. The predicted molar refractivity (Wildman–Crippen MR) is 113 cm³/mol. The van der Waals surface area contributed by atoms with Crippen molar-refractivity contribution in [1.29, 1.82) is 0 Å². The molecule has 1 N–H and O–H groups in total. The van der Waals surface area contributed by atoms with Gasteiger partial charge in [0.15, 0.2) is 0 Å². The van der Waals surface area contributed by atoms with Crippen LogP contribution in [0.5, 0.6) is 0 Å². The van der Waals surface area contributed by atoms with Crippen molar-refractivity contribution in [3.05, 3.63) is 70.4 Å². The maximum atomic E-state index is 13.0. The van der Waals surface area contributed by atoms with Crippen LogP contribution in [0.25, 0.3) is 33.1 Å². The first kappa shape index (κ1) is 18.6. The summed E-state index contributed by atoms with van der Waals surface area (Å²) >= 11 is 0. The second-order valence-corrected chi connectivity index (χ2v) is 6.73. The van der Waals surface area contributed by atoms with Crippen molar-refractivity contribution in [3.8, 4) is 11.3 Å². The van der Waals surface area contributed by atoms with Crippen LogP contribution in [-0.4, -0.2) is 38.8 Å². The molecule has 1 amide bonds. The average Bonchev–Trinajstić information content (AvgIpc) is 3.12. The van der Waals surface area contributed by atoms with Crippen molar-refractivity contribution >= 4 is 33.4 Å². The summed E-state index contributed by atoms with van der Waals surface area (Å²) in [6.45, 7) is 5.05. The van der Waals surface area contributed by atoms with E-state index in [-0.39, 0.29) is 11.6 Å². The third kappa shape index (κ3) is 3.20. The van der Waals surface area contributed by atoms with E-state index in [2.05, 4.69) is 9.97 Å². The van der Waals surface area contributed by atoms with E-state index in [4.69, 9.17) is 0 Å². The molecule has 2 heterocycles. The van der Waals surface area contributed by atoms with E-state index >= 15 is 0 Å². The molecule has 0 saturated carbocycles. The molecule has 0 spiro atoms. The van der Waals surface area contributed by atoms with Gasteiger partial charge in [-0.1, -0.05) is 18.2 Å². The zero-order valence-corrected chi connectivity index (χ0v) is 16.2. The Labute approximate surface area is 167 Å². The van der Waals surface area contributed by atoms with Gasteiger partial charge < -0.3 is 9.88 Å². The Morgan fingerprint density at radius 1 is 1.07 bits per heavy atom. The molecule has 7 nitrogen and oxygen atoms in total. The first-order valence-electron chi connectivity index (χ1n) is 9.49. The van der Waals surface area contributed by atoms with Crippen molar-refractivity contribution < 1.29 is 9.72 Å². The van der Waals surface area contributed by atoms with Gasteiger partial charge in [-0.25, -0.2) is 4.98 Å². The summed E-state index contributed by atoms with van der Waals surface area (Å²) in [5.74, 6) is -0.134. The van der Waals surface area contributed by atoms with E-state index in [1.165, 1.54) is 12.1 Å². The molecule has 0 aliphatic rings. The minimum Gasteiger partial charge on any atom is -0.353 e. The van der Waals surface area contributed by atoms with Gasteiger partial charge in [-0.15, -0.1) is 0 Å². The van der Waals surface area contributed by atoms with E-state index in [0.29, 0.717) is 30.0 Å². The zero-order valence-electron chi connectivity index (χ0n) is 16.2. The number of hydrogen-bond donors (Lipinski definition) is 1. The van der Waals surface area contributed by atoms with Crippen LogP contribution >= 0.6 is 0 Å². The Kier molecular flexibility index (Phi) is 4.72. The Morgan fingerprint density at radius 3 is 2.41 bits per heavy atom. The third-order valence-electron chi connectivity index (χ3n) is 5.12. The number of nitrogens with zero attached hydrogens (tertiary/aromatic N) is 3. The van der Waals surface area contributed by atoms with Gasteiger partial charge in [0.25, 0.3) is 11.6 Å². The summed E-state index contributed by atoms with van der Waals surface area (Å²) in [4.78, 5) is 33.3. The lowest BCUT2D eigenvalue weighted by molar-refractivity contribution is -0.384. The van der Waals surface area contributed by atoms with Crippen molar-refractivity contribution in [2.24, 2.45) is 0 Å². The van der Waals surface area contributed by atoms with E-state index in [1.54, 1.807) is 17.0 Å². The summed E-state index contributed by atoms with van der Waals surface area (Å²) in [6, 6.07) is 15.9. The topological polar surface area (TPSA) is 92.1 Å². The van der Waals surface area contributed by atoms with E-state index in [1.807, 2.05) is 44.2 Å². The molecule has 0 aliphatic carbocycles. The number of benzene rings is 2.